The summed E-state index contributed by atoms with van der Waals surface area (Å²) in [7, 11) is 2.02. The Morgan fingerprint density at radius 3 is 2.70 bits per heavy atom. The van der Waals surface area contributed by atoms with Crippen molar-refractivity contribution in [1.29, 1.82) is 0 Å². The summed E-state index contributed by atoms with van der Waals surface area (Å²) >= 11 is 0. The normalized spacial score (nSPS) is 17.7. The van der Waals surface area contributed by atoms with Crippen LogP contribution >= 0.6 is 0 Å². The first-order chi connectivity index (χ1) is 11.1. The third-order valence-electron chi connectivity index (χ3n) is 4.97. The van der Waals surface area contributed by atoms with E-state index in [-0.39, 0.29) is 5.91 Å². The number of pyridine rings is 1. The zero-order valence-electron chi connectivity index (χ0n) is 14.8. The van der Waals surface area contributed by atoms with Gasteiger partial charge in [0.15, 0.2) is 0 Å². The Hall–Kier alpha value is -1.42. The highest BCUT2D eigenvalue weighted by atomic mass is 16.2. The smallest absolute Gasteiger partial charge is 0.234 e. The van der Waals surface area contributed by atoms with Gasteiger partial charge in [0.1, 0.15) is 0 Å². The Labute approximate surface area is 140 Å². The molecule has 1 heterocycles. The number of carbonyl (C=O) groups excluding carboxylic acids is 1. The van der Waals surface area contributed by atoms with Crippen LogP contribution in [0.5, 0.6) is 0 Å². The molecular weight excluding hydrogens is 286 g/mol. The van der Waals surface area contributed by atoms with Gasteiger partial charge in [0, 0.05) is 30.4 Å². The lowest BCUT2D eigenvalue weighted by atomic mass is 10.1. The van der Waals surface area contributed by atoms with Crippen LogP contribution in [-0.2, 0) is 11.2 Å². The minimum absolute atomic E-state index is 0.156. The maximum atomic E-state index is 12.3. The standard InChI is InChI=1S/C19H31N3O/c1-15-9-8-12-20-18(15)13-16(2)22(3)14-19(23)21-17-10-6-4-5-7-11-17/h8-9,12,16-17H,4-7,10-11,13-14H2,1-3H3,(H,21,23). The number of nitrogens with zero attached hydrogens (tertiary/aromatic N) is 2. The summed E-state index contributed by atoms with van der Waals surface area (Å²) in [6.07, 6.45) is 10.1. The summed E-state index contributed by atoms with van der Waals surface area (Å²) in [5.41, 5.74) is 2.34. The molecule has 1 aliphatic carbocycles. The molecule has 2 rings (SSSR count). The van der Waals surface area contributed by atoms with Gasteiger partial charge < -0.3 is 5.32 Å². The highest BCUT2D eigenvalue weighted by Crippen LogP contribution is 2.17. The first-order valence-corrected chi connectivity index (χ1v) is 8.96. The van der Waals surface area contributed by atoms with Crippen molar-refractivity contribution in [2.75, 3.05) is 13.6 Å². The van der Waals surface area contributed by atoms with Gasteiger partial charge in [0.05, 0.1) is 6.54 Å². The Balaban J connectivity index is 1.79. The molecule has 1 N–H and O–H groups in total. The summed E-state index contributed by atoms with van der Waals surface area (Å²) in [4.78, 5) is 18.9. The number of hydrogen-bond donors (Lipinski definition) is 1. The molecule has 0 aliphatic heterocycles. The van der Waals surface area contributed by atoms with Crippen molar-refractivity contribution >= 4 is 5.91 Å². The Kier molecular flexibility index (Phi) is 7.03. The van der Waals surface area contributed by atoms with E-state index in [4.69, 9.17) is 0 Å². The van der Waals surface area contributed by atoms with E-state index >= 15 is 0 Å². The number of likely N-dealkylation sites (N-methyl/N-ethyl adjacent to an activating group) is 1. The van der Waals surface area contributed by atoms with Crippen LogP contribution in [0.15, 0.2) is 18.3 Å². The van der Waals surface area contributed by atoms with Gasteiger partial charge in [-0.25, -0.2) is 0 Å². The van der Waals surface area contributed by atoms with Crippen molar-refractivity contribution in [2.45, 2.75) is 70.9 Å². The Morgan fingerprint density at radius 2 is 2.04 bits per heavy atom. The van der Waals surface area contributed by atoms with Crippen molar-refractivity contribution in [3.63, 3.8) is 0 Å². The van der Waals surface area contributed by atoms with E-state index in [2.05, 4.69) is 35.1 Å². The highest BCUT2D eigenvalue weighted by molar-refractivity contribution is 5.78. The molecule has 1 saturated carbocycles. The van der Waals surface area contributed by atoms with Gasteiger partial charge in [0.25, 0.3) is 0 Å². The van der Waals surface area contributed by atoms with Crippen LogP contribution in [0.3, 0.4) is 0 Å². The summed E-state index contributed by atoms with van der Waals surface area (Å²) in [5.74, 6) is 0.156. The maximum Gasteiger partial charge on any atom is 0.234 e. The molecule has 0 radical (unpaired) electrons. The molecule has 1 amide bonds. The molecule has 1 unspecified atom stereocenters. The van der Waals surface area contributed by atoms with Crippen molar-refractivity contribution in [3.05, 3.63) is 29.6 Å². The van der Waals surface area contributed by atoms with Gasteiger partial charge in [-0.3, -0.25) is 14.7 Å². The van der Waals surface area contributed by atoms with Gasteiger partial charge in [-0.2, -0.15) is 0 Å². The molecule has 0 spiro atoms. The van der Waals surface area contributed by atoms with E-state index in [1.165, 1.54) is 31.2 Å². The molecule has 0 saturated heterocycles. The quantitative estimate of drug-likeness (QED) is 0.820. The number of carbonyl (C=O) groups is 1. The number of aromatic nitrogens is 1. The van der Waals surface area contributed by atoms with E-state index in [1.54, 1.807) is 0 Å². The monoisotopic (exact) mass is 317 g/mol. The van der Waals surface area contributed by atoms with Gasteiger partial charge in [0.2, 0.25) is 5.91 Å². The number of aryl methyl sites for hydroxylation is 1. The lowest BCUT2D eigenvalue weighted by Crippen LogP contribution is -2.43. The number of nitrogens with one attached hydrogen (secondary N) is 1. The van der Waals surface area contributed by atoms with Crippen LogP contribution in [0.2, 0.25) is 0 Å². The number of rotatable bonds is 6. The highest BCUT2D eigenvalue weighted by Gasteiger charge is 2.18. The predicted molar refractivity (Wildman–Crippen MR) is 94.4 cm³/mol. The molecule has 4 heteroatoms. The van der Waals surface area contributed by atoms with Crippen molar-refractivity contribution in [3.8, 4) is 0 Å². The second-order valence-electron chi connectivity index (χ2n) is 6.99. The molecule has 128 valence electrons. The molecule has 0 aromatic carbocycles. The Bertz CT molecular complexity index is 495. The molecule has 1 aromatic heterocycles. The fraction of sp³-hybridized carbons (Fsp3) is 0.684. The zero-order chi connectivity index (χ0) is 16.7. The second kappa shape index (κ2) is 9.02. The molecule has 1 fully saturated rings. The molecule has 0 bridgehead atoms. The van der Waals surface area contributed by atoms with Crippen LogP contribution in [0.4, 0.5) is 0 Å². The first-order valence-electron chi connectivity index (χ1n) is 8.96. The number of amides is 1. The SMILES string of the molecule is Cc1cccnc1CC(C)N(C)CC(=O)NC1CCCCCC1. The van der Waals surface area contributed by atoms with E-state index in [1.807, 2.05) is 19.3 Å². The fourth-order valence-electron chi connectivity index (χ4n) is 3.25. The minimum atomic E-state index is 0.156. The van der Waals surface area contributed by atoms with E-state index < -0.39 is 0 Å². The Morgan fingerprint density at radius 1 is 1.35 bits per heavy atom. The molecule has 1 aromatic rings. The van der Waals surface area contributed by atoms with Crippen molar-refractivity contribution in [2.24, 2.45) is 0 Å². The lowest BCUT2D eigenvalue weighted by molar-refractivity contribution is -0.123. The van der Waals surface area contributed by atoms with Gasteiger partial charge in [-0.15, -0.1) is 0 Å². The van der Waals surface area contributed by atoms with Gasteiger partial charge in [-0.05, 0) is 45.4 Å². The first kappa shape index (κ1) is 17.9. The van der Waals surface area contributed by atoms with Crippen molar-refractivity contribution in [1.82, 2.24) is 15.2 Å². The minimum Gasteiger partial charge on any atom is -0.352 e. The largest absolute Gasteiger partial charge is 0.352 e. The molecule has 1 aliphatic rings. The van der Waals surface area contributed by atoms with Crippen LogP contribution in [-0.4, -0.2) is 41.5 Å². The zero-order valence-corrected chi connectivity index (χ0v) is 14.8. The van der Waals surface area contributed by atoms with E-state index in [0.29, 0.717) is 18.6 Å². The second-order valence-corrected chi connectivity index (χ2v) is 6.99. The maximum absolute atomic E-state index is 12.3. The van der Waals surface area contributed by atoms with Crippen molar-refractivity contribution < 1.29 is 4.79 Å². The summed E-state index contributed by atoms with van der Waals surface area (Å²) in [6.45, 7) is 4.71. The van der Waals surface area contributed by atoms with Gasteiger partial charge >= 0.3 is 0 Å². The van der Waals surface area contributed by atoms with E-state index in [9.17, 15) is 4.79 Å². The van der Waals surface area contributed by atoms with Crippen LogP contribution in [0.1, 0.15) is 56.7 Å². The predicted octanol–water partition coefficient (Wildman–Crippen LogP) is 3.09. The molecule has 23 heavy (non-hydrogen) atoms. The molecular formula is C19H31N3O. The third-order valence-corrected chi connectivity index (χ3v) is 4.97. The average molecular weight is 317 g/mol. The third kappa shape index (κ3) is 5.94. The fourth-order valence-corrected chi connectivity index (χ4v) is 3.25. The summed E-state index contributed by atoms with van der Waals surface area (Å²) < 4.78 is 0. The number of hydrogen-bond acceptors (Lipinski definition) is 3. The van der Waals surface area contributed by atoms with Crippen LogP contribution in [0, 0.1) is 6.92 Å². The molecule has 1 atom stereocenters. The van der Waals surface area contributed by atoms with Gasteiger partial charge in [-0.1, -0.05) is 31.7 Å². The topological polar surface area (TPSA) is 45.2 Å². The summed E-state index contributed by atoms with van der Waals surface area (Å²) in [5, 5.41) is 3.22. The van der Waals surface area contributed by atoms with Crippen LogP contribution in [0.25, 0.3) is 0 Å². The summed E-state index contributed by atoms with van der Waals surface area (Å²) in [6, 6.07) is 4.73. The van der Waals surface area contributed by atoms with Crippen LogP contribution < -0.4 is 5.32 Å². The van der Waals surface area contributed by atoms with E-state index in [0.717, 1.165) is 25.0 Å². The lowest BCUT2D eigenvalue weighted by Gasteiger charge is -2.25. The average Bonchev–Trinajstić information content (AvgIpc) is 2.78. The molecule has 4 nitrogen and oxygen atoms in total.